The van der Waals surface area contributed by atoms with Crippen molar-refractivity contribution in [3.63, 3.8) is 0 Å². The second kappa shape index (κ2) is 8.09. The van der Waals surface area contributed by atoms with E-state index in [9.17, 15) is 5.11 Å². The van der Waals surface area contributed by atoms with Gasteiger partial charge in [0, 0.05) is 31.9 Å². The molecule has 20 heavy (non-hydrogen) atoms. The number of hydrogen-bond donors (Lipinski definition) is 2. The van der Waals surface area contributed by atoms with Gasteiger partial charge in [0.25, 0.3) is 0 Å². The Balaban J connectivity index is 1.67. The van der Waals surface area contributed by atoms with Gasteiger partial charge in [-0.2, -0.15) is 0 Å². The fraction of sp³-hybridized carbons (Fsp3) is 0.600. The largest absolute Gasteiger partial charge is 0.497 e. The molecule has 1 fully saturated rings. The van der Waals surface area contributed by atoms with Gasteiger partial charge in [-0.1, -0.05) is 6.07 Å². The van der Waals surface area contributed by atoms with Crippen molar-refractivity contribution in [2.75, 3.05) is 33.5 Å². The second-order valence-corrected chi connectivity index (χ2v) is 4.94. The van der Waals surface area contributed by atoms with E-state index in [1.54, 1.807) is 13.2 Å². The standard InChI is InChI=1S/C15H23NO4/c1-18-14-3-2-4-15(9-14)20-11-13(17)10-16-12-5-7-19-8-6-12/h2-4,9,12-13,16-17H,5-8,10-11H2,1H3. The summed E-state index contributed by atoms with van der Waals surface area (Å²) in [6.45, 7) is 2.40. The number of nitrogens with one attached hydrogen (secondary N) is 1. The Morgan fingerprint density at radius 3 is 2.85 bits per heavy atom. The summed E-state index contributed by atoms with van der Waals surface area (Å²) in [5, 5.41) is 13.3. The number of methoxy groups -OCH3 is 1. The number of aliphatic hydroxyl groups excluding tert-OH is 1. The third-order valence-corrected chi connectivity index (χ3v) is 3.35. The van der Waals surface area contributed by atoms with Gasteiger partial charge in [0.15, 0.2) is 0 Å². The predicted octanol–water partition coefficient (Wildman–Crippen LogP) is 1.20. The first-order valence-electron chi connectivity index (χ1n) is 7.04. The third-order valence-electron chi connectivity index (χ3n) is 3.35. The molecule has 2 rings (SSSR count). The minimum absolute atomic E-state index is 0.267. The number of hydrogen-bond acceptors (Lipinski definition) is 5. The van der Waals surface area contributed by atoms with E-state index in [1.807, 2.05) is 18.2 Å². The molecule has 0 spiro atoms. The fourth-order valence-electron chi connectivity index (χ4n) is 2.15. The third kappa shape index (κ3) is 5.00. The maximum Gasteiger partial charge on any atom is 0.123 e. The molecule has 0 amide bonds. The molecule has 2 N–H and O–H groups in total. The molecule has 0 aromatic heterocycles. The predicted molar refractivity (Wildman–Crippen MR) is 76.3 cm³/mol. The van der Waals surface area contributed by atoms with E-state index >= 15 is 0 Å². The summed E-state index contributed by atoms with van der Waals surface area (Å²) in [5.74, 6) is 1.45. The van der Waals surface area contributed by atoms with E-state index in [0.29, 0.717) is 18.3 Å². The van der Waals surface area contributed by atoms with Gasteiger partial charge < -0.3 is 24.6 Å². The van der Waals surface area contributed by atoms with Crippen molar-refractivity contribution in [3.05, 3.63) is 24.3 Å². The van der Waals surface area contributed by atoms with E-state index < -0.39 is 6.10 Å². The molecular weight excluding hydrogens is 258 g/mol. The molecule has 1 aliphatic rings. The Labute approximate surface area is 119 Å². The van der Waals surface area contributed by atoms with E-state index in [0.717, 1.165) is 31.8 Å². The molecule has 5 heteroatoms. The Kier molecular flexibility index (Phi) is 6.11. The number of aliphatic hydroxyl groups is 1. The van der Waals surface area contributed by atoms with Gasteiger partial charge in [0.2, 0.25) is 0 Å². The molecule has 1 aromatic rings. The summed E-state index contributed by atoms with van der Waals surface area (Å²) < 4.78 is 16.0. The van der Waals surface area contributed by atoms with Crippen molar-refractivity contribution >= 4 is 0 Å². The Bertz CT molecular complexity index is 393. The summed E-state index contributed by atoms with van der Waals surface area (Å²) in [5.41, 5.74) is 0. The van der Waals surface area contributed by atoms with Crippen LogP contribution in [-0.4, -0.2) is 50.7 Å². The lowest BCUT2D eigenvalue weighted by Crippen LogP contribution is -2.40. The first-order valence-corrected chi connectivity index (χ1v) is 7.04. The quantitative estimate of drug-likeness (QED) is 0.786. The topological polar surface area (TPSA) is 60.0 Å². The van der Waals surface area contributed by atoms with Crippen molar-refractivity contribution in [3.8, 4) is 11.5 Å². The van der Waals surface area contributed by atoms with Gasteiger partial charge >= 0.3 is 0 Å². The van der Waals surface area contributed by atoms with Gasteiger partial charge in [-0.15, -0.1) is 0 Å². The summed E-state index contributed by atoms with van der Waals surface area (Å²) in [6, 6.07) is 7.81. The first kappa shape index (κ1) is 15.1. The highest BCUT2D eigenvalue weighted by Crippen LogP contribution is 2.18. The normalized spacial score (nSPS) is 17.7. The number of rotatable bonds is 7. The molecule has 0 aliphatic carbocycles. The zero-order valence-electron chi connectivity index (χ0n) is 11.9. The summed E-state index contributed by atoms with van der Waals surface area (Å²) in [6.07, 6.45) is 1.48. The number of ether oxygens (including phenoxy) is 3. The molecule has 0 radical (unpaired) electrons. The maximum atomic E-state index is 9.92. The summed E-state index contributed by atoms with van der Waals surface area (Å²) >= 11 is 0. The van der Waals surface area contributed by atoms with Crippen LogP contribution in [0.2, 0.25) is 0 Å². The molecule has 1 saturated heterocycles. The van der Waals surface area contributed by atoms with Crippen LogP contribution in [0, 0.1) is 0 Å². The van der Waals surface area contributed by atoms with Gasteiger partial charge in [0.05, 0.1) is 7.11 Å². The molecule has 5 nitrogen and oxygen atoms in total. The van der Waals surface area contributed by atoms with Crippen LogP contribution in [0.25, 0.3) is 0 Å². The molecule has 112 valence electrons. The van der Waals surface area contributed by atoms with E-state index in [1.165, 1.54) is 0 Å². The molecule has 1 aromatic carbocycles. The van der Waals surface area contributed by atoms with Gasteiger partial charge in [-0.3, -0.25) is 0 Å². The average Bonchev–Trinajstić information content (AvgIpc) is 2.52. The molecule has 1 aliphatic heterocycles. The van der Waals surface area contributed by atoms with Gasteiger partial charge in [-0.05, 0) is 25.0 Å². The van der Waals surface area contributed by atoms with Crippen molar-refractivity contribution < 1.29 is 19.3 Å². The minimum atomic E-state index is -0.524. The zero-order valence-corrected chi connectivity index (χ0v) is 11.9. The van der Waals surface area contributed by atoms with E-state index in [-0.39, 0.29) is 6.61 Å². The second-order valence-electron chi connectivity index (χ2n) is 4.94. The van der Waals surface area contributed by atoms with Crippen LogP contribution in [0.15, 0.2) is 24.3 Å². The highest BCUT2D eigenvalue weighted by Gasteiger charge is 2.14. The summed E-state index contributed by atoms with van der Waals surface area (Å²) in [4.78, 5) is 0. The van der Waals surface area contributed by atoms with E-state index in [2.05, 4.69) is 5.32 Å². The monoisotopic (exact) mass is 281 g/mol. The van der Waals surface area contributed by atoms with Gasteiger partial charge in [0.1, 0.15) is 24.2 Å². The minimum Gasteiger partial charge on any atom is -0.497 e. The van der Waals surface area contributed by atoms with Crippen LogP contribution >= 0.6 is 0 Å². The summed E-state index contributed by atoms with van der Waals surface area (Å²) in [7, 11) is 1.62. The van der Waals surface area contributed by atoms with E-state index in [4.69, 9.17) is 14.2 Å². The van der Waals surface area contributed by atoms with Crippen LogP contribution < -0.4 is 14.8 Å². The smallest absolute Gasteiger partial charge is 0.123 e. The molecule has 1 unspecified atom stereocenters. The van der Waals surface area contributed by atoms with Crippen LogP contribution in [0.1, 0.15) is 12.8 Å². The SMILES string of the molecule is COc1cccc(OCC(O)CNC2CCOCC2)c1. The van der Waals surface area contributed by atoms with Crippen LogP contribution in [0.3, 0.4) is 0 Å². The first-order chi connectivity index (χ1) is 9.78. The molecular formula is C15H23NO4. The van der Waals surface area contributed by atoms with Crippen LogP contribution in [0.5, 0.6) is 11.5 Å². The average molecular weight is 281 g/mol. The molecule has 1 atom stereocenters. The Hall–Kier alpha value is -1.30. The van der Waals surface area contributed by atoms with Crippen LogP contribution in [0.4, 0.5) is 0 Å². The molecule has 0 saturated carbocycles. The van der Waals surface area contributed by atoms with Crippen molar-refractivity contribution in [1.29, 1.82) is 0 Å². The lowest BCUT2D eigenvalue weighted by Gasteiger charge is -2.24. The van der Waals surface area contributed by atoms with Crippen LogP contribution in [-0.2, 0) is 4.74 Å². The molecule has 1 heterocycles. The lowest BCUT2D eigenvalue weighted by molar-refractivity contribution is 0.0654. The Morgan fingerprint density at radius 1 is 1.35 bits per heavy atom. The maximum absolute atomic E-state index is 9.92. The highest BCUT2D eigenvalue weighted by molar-refractivity contribution is 5.32. The molecule has 0 bridgehead atoms. The number of benzene rings is 1. The lowest BCUT2D eigenvalue weighted by atomic mass is 10.1. The van der Waals surface area contributed by atoms with Gasteiger partial charge in [-0.25, -0.2) is 0 Å². The zero-order chi connectivity index (χ0) is 14.2. The fourth-order valence-corrected chi connectivity index (χ4v) is 2.15. The van der Waals surface area contributed by atoms with Crippen molar-refractivity contribution in [2.24, 2.45) is 0 Å². The van der Waals surface area contributed by atoms with Crippen molar-refractivity contribution in [1.82, 2.24) is 5.32 Å². The van der Waals surface area contributed by atoms with Crippen molar-refractivity contribution in [2.45, 2.75) is 25.0 Å². The highest BCUT2D eigenvalue weighted by atomic mass is 16.5. The Morgan fingerprint density at radius 2 is 2.10 bits per heavy atom.